The van der Waals surface area contributed by atoms with Gasteiger partial charge < -0.3 is 20.9 Å². The average molecular weight is 395 g/mol. The summed E-state index contributed by atoms with van der Waals surface area (Å²) in [5.41, 5.74) is 5.51. The Hall–Kier alpha value is -1.75. The van der Waals surface area contributed by atoms with Crippen molar-refractivity contribution in [3.8, 4) is 0 Å². The van der Waals surface area contributed by atoms with Crippen LogP contribution in [0, 0.1) is 5.92 Å². The number of thiazole rings is 1. The molecule has 2 aliphatic rings. The van der Waals surface area contributed by atoms with Gasteiger partial charge in [-0.2, -0.15) is 4.98 Å². The van der Waals surface area contributed by atoms with Gasteiger partial charge in [-0.3, -0.25) is 19.1 Å². The summed E-state index contributed by atoms with van der Waals surface area (Å²) in [6, 6.07) is 0.598. The molecule has 10 heteroatoms. The molecule has 0 spiro atoms. The Morgan fingerprint density at radius 1 is 1.48 bits per heavy atom. The second-order valence-electron chi connectivity index (χ2n) is 7.51. The number of nitrogens with one attached hydrogen (secondary N) is 2. The molecule has 1 saturated heterocycles. The molecular formula is C17H25N5O4S. The fourth-order valence-electron chi connectivity index (χ4n) is 3.85. The van der Waals surface area contributed by atoms with E-state index in [0.717, 1.165) is 24.2 Å². The molecule has 0 radical (unpaired) electrons. The highest BCUT2D eigenvalue weighted by Crippen LogP contribution is 2.40. The van der Waals surface area contributed by atoms with Gasteiger partial charge in [-0.25, -0.2) is 0 Å². The molecule has 1 unspecified atom stereocenters. The third-order valence-corrected chi connectivity index (χ3v) is 6.44. The minimum absolute atomic E-state index is 0.0328. The van der Waals surface area contributed by atoms with Crippen LogP contribution in [0.1, 0.15) is 45.8 Å². The molecule has 5 N–H and O–H groups in total. The molecule has 27 heavy (non-hydrogen) atoms. The predicted octanol–water partition coefficient (Wildman–Crippen LogP) is 0.544. The summed E-state index contributed by atoms with van der Waals surface area (Å²) in [4.78, 5) is 31.2. The third kappa shape index (κ3) is 3.42. The van der Waals surface area contributed by atoms with Crippen molar-refractivity contribution in [2.24, 2.45) is 5.92 Å². The molecule has 1 saturated carbocycles. The molecule has 2 aromatic heterocycles. The van der Waals surface area contributed by atoms with E-state index >= 15 is 0 Å². The number of aromatic amines is 1. The summed E-state index contributed by atoms with van der Waals surface area (Å²) in [6.45, 7) is 3.98. The number of rotatable bonds is 6. The molecule has 9 nitrogen and oxygen atoms in total. The lowest BCUT2D eigenvalue weighted by atomic mass is 9.93. The van der Waals surface area contributed by atoms with Gasteiger partial charge in [0, 0.05) is 18.0 Å². The Kier molecular flexibility index (Phi) is 4.83. The van der Waals surface area contributed by atoms with E-state index in [-0.39, 0.29) is 39.2 Å². The number of hydrogen-bond donors (Lipinski definition) is 4. The normalized spacial score (nSPS) is 27.9. The lowest BCUT2D eigenvalue weighted by Crippen LogP contribution is -2.39. The van der Waals surface area contributed by atoms with E-state index in [0.29, 0.717) is 18.9 Å². The molecule has 0 aromatic carbocycles. The first-order valence-corrected chi connectivity index (χ1v) is 10.2. The van der Waals surface area contributed by atoms with E-state index in [1.165, 1.54) is 4.57 Å². The number of anilines is 1. The van der Waals surface area contributed by atoms with Crippen LogP contribution in [0.4, 0.5) is 5.95 Å². The van der Waals surface area contributed by atoms with Gasteiger partial charge >= 0.3 is 4.87 Å². The molecule has 2 fully saturated rings. The number of fused-ring (bicyclic) bond motifs is 1. The zero-order valence-corrected chi connectivity index (χ0v) is 16.2. The van der Waals surface area contributed by atoms with E-state index in [9.17, 15) is 14.7 Å². The van der Waals surface area contributed by atoms with E-state index in [2.05, 4.69) is 22.2 Å². The zero-order chi connectivity index (χ0) is 19.3. The van der Waals surface area contributed by atoms with Crippen LogP contribution in [-0.4, -0.2) is 43.9 Å². The van der Waals surface area contributed by atoms with Crippen LogP contribution in [0.5, 0.6) is 0 Å². The van der Waals surface area contributed by atoms with Gasteiger partial charge in [-0.1, -0.05) is 18.3 Å². The highest BCUT2D eigenvalue weighted by Gasteiger charge is 2.44. The van der Waals surface area contributed by atoms with E-state index < -0.39 is 17.9 Å². The molecule has 148 valence electrons. The fourth-order valence-corrected chi connectivity index (χ4v) is 4.69. The van der Waals surface area contributed by atoms with Crippen molar-refractivity contribution >= 4 is 27.6 Å². The Balaban J connectivity index is 1.76. The molecule has 0 bridgehead atoms. The number of aliphatic hydroxyl groups excluding tert-OH is 1. The SMILES string of the molecule is CC[C@H](O)C1C[C@@H]([C@@H](C)NC2CC2)[C@H](n2c(=O)sc3c(=O)[nH]c(N)nc32)O1. The highest BCUT2D eigenvalue weighted by atomic mass is 32.1. The minimum Gasteiger partial charge on any atom is -0.390 e. The Morgan fingerprint density at radius 2 is 2.22 bits per heavy atom. The van der Waals surface area contributed by atoms with Gasteiger partial charge in [0.25, 0.3) is 5.56 Å². The summed E-state index contributed by atoms with van der Waals surface area (Å²) in [5.74, 6) is -0.0718. The molecule has 1 aliphatic carbocycles. The van der Waals surface area contributed by atoms with Gasteiger partial charge in [0.05, 0.1) is 12.2 Å². The third-order valence-electron chi connectivity index (χ3n) is 5.50. The van der Waals surface area contributed by atoms with E-state index in [1.54, 1.807) is 0 Å². The summed E-state index contributed by atoms with van der Waals surface area (Å²) >= 11 is 0.839. The van der Waals surface area contributed by atoms with Crippen molar-refractivity contribution in [1.82, 2.24) is 19.9 Å². The number of nitrogen functional groups attached to an aromatic ring is 1. The largest absolute Gasteiger partial charge is 0.390 e. The van der Waals surface area contributed by atoms with Crippen molar-refractivity contribution in [1.29, 1.82) is 0 Å². The lowest BCUT2D eigenvalue weighted by Gasteiger charge is -2.26. The molecule has 1 aliphatic heterocycles. The van der Waals surface area contributed by atoms with Crippen molar-refractivity contribution in [3.05, 3.63) is 20.0 Å². The van der Waals surface area contributed by atoms with Crippen LogP contribution in [0.2, 0.25) is 0 Å². The molecule has 3 heterocycles. The van der Waals surface area contributed by atoms with Gasteiger partial charge in [0.2, 0.25) is 5.95 Å². The second kappa shape index (κ2) is 7.01. The van der Waals surface area contributed by atoms with Gasteiger partial charge in [0.1, 0.15) is 10.9 Å². The zero-order valence-electron chi connectivity index (χ0n) is 15.3. The topological polar surface area (TPSA) is 135 Å². The first-order chi connectivity index (χ1) is 12.9. The summed E-state index contributed by atoms with van der Waals surface area (Å²) < 4.78 is 7.82. The number of aliphatic hydroxyl groups is 1. The van der Waals surface area contributed by atoms with Crippen molar-refractivity contribution in [3.63, 3.8) is 0 Å². The van der Waals surface area contributed by atoms with E-state index in [1.807, 2.05) is 6.92 Å². The molecule has 2 aromatic rings. The molecule has 5 atom stereocenters. The van der Waals surface area contributed by atoms with Crippen LogP contribution in [0.15, 0.2) is 9.59 Å². The van der Waals surface area contributed by atoms with Crippen molar-refractivity contribution < 1.29 is 9.84 Å². The van der Waals surface area contributed by atoms with Crippen molar-refractivity contribution in [2.45, 2.75) is 70.1 Å². The van der Waals surface area contributed by atoms with Gasteiger partial charge in [0.15, 0.2) is 5.65 Å². The van der Waals surface area contributed by atoms with Crippen LogP contribution in [-0.2, 0) is 4.74 Å². The summed E-state index contributed by atoms with van der Waals surface area (Å²) in [7, 11) is 0. The summed E-state index contributed by atoms with van der Waals surface area (Å²) in [5, 5.41) is 13.9. The number of aromatic nitrogens is 3. The van der Waals surface area contributed by atoms with Crippen LogP contribution >= 0.6 is 11.3 Å². The molecule has 4 rings (SSSR count). The van der Waals surface area contributed by atoms with Crippen LogP contribution in [0.25, 0.3) is 10.3 Å². The van der Waals surface area contributed by atoms with Gasteiger partial charge in [-0.15, -0.1) is 0 Å². The average Bonchev–Trinajstić information content (AvgIpc) is 3.22. The maximum atomic E-state index is 12.7. The number of H-pyrrole nitrogens is 1. The molecular weight excluding hydrogens is 370 g/mol. The monoisotopic (exact) mass is 395 g/mol. The van der Waals surface area contributed by atoms with E-state index in [4.69, 9.17) is 10.5 Å². The Morgan fingerprint density at radius 3 is 2.89 bits per heavy atom. The maximum absolute atomic E-state index is 12.7. The second-order valence-corrected chi connectivity index (χ2v) is 8.47. The predicted molar refractivity (Wildman–Crippen MR) is 103 cm³/mol. The Bertz CT molecular complexity index is 949. The number of nitrogens with zero attached hydrogens (tertiary/aromatic N) is 2. The highest BCUT2D eigenvalue weighted by molar-refractivity contribution is 7.16. The Labute approximate surface area is 159 Å². The fraction of sp³-hybridized carbons (Fsp3) is 0.706. The number of nitrogens with two attached hydrogens (primary N) is 1. The van der Waals surface area contributed by atoms with Crippen LogP contribution in [0.3, 0.4) is 0 Å². The number of ether oxygens (including phenoxy) is 1. The summed E-state index contributed by atoms with van der Waals surface area (Å²) in [6.07, 6.45) is 1.92. The quantitative estimate of drug-likeness (QED) is 0.561. The first-order valence-electron chi connectivity index (χ1n) is 9.39. The minimum atomic E-state index is -0.604. The van der Waals surface area contributed by atoms with Gasteiger partial charge in [-0.05, 0) is 32.6 Å². The maximum Gasteiger partial charge on any atom is 0.311 e. The smallest absolute Gasteiger partial charge is 0.311 e. The number of hydrogen-bond acceptors (Lipinski definition) is 8. The lowest BCUT2D eigenvalue weighted by molar-refractivity contribution is -0.0671. The standard InChI is InChI=1S/C17H25N5O4S/c1-3-10(23)11-6-9(7(2)19-8-4-5-8)15(26-11)22-13-12(27-17(22)25)14(24)21-16(18)20-13/h7-11,15,19,23H,3-6H2,1-2H3,(H3,18,20,21,24)/t7-,9+,10+,11?,15-/m1/s1. The first kappa shape index (κ1) is 18.6. The van der Waals surface area contributed by atoms with Crippen molar-refractivity contribution in [2.75, 3.05) is 5.73 Å². The molecule has 0 amide bonds. The van der Waals surface area contributed by atoms with Crippen LogP contribution < -0.4 is 21.5 Å².